The molecular weight excluding hydrogens is 394 g/mol. The van der Waals surface area contributed by atoms with Crippen molar-refractivity contribution in [1.29, 1.82) is 0 Å². The molecule has 0 spiro atoms. The van der Waals surface area contributed by atoms with E-state index in [0.717, 1.165) is 11.4 Å². The van der Waals surface area contributed by atoms with Crippen LogP contribution in [0.2, 0.25) is 0 Å². The van der Waals surface area contributed by atoms with Crippen LogP contribution in [-0.4, -0.2) is 19.7 Å². The number of carbonyl (C=O) groups excluding carboxylic acids is 1. The summed E-state index contributed by atoms with van der Waals surface area (Å²) in [5.74, 6) is -0.187. The highest BCUT2D eigenvalue weighted by atomic mass is 32.2. The van der Waals surface area contributed by atoms with E-state index in [1.807, 2.05) is 42.5 Å². The number of nitro benzene ring substituents is 1. The Balaban J connectivity index is 1.69. The quantitative estimate of drug-likeness (QED) is 0.269. The molecule has 4 rings (SSSR count). The number of anilines is 1. The Kier molecular flexibility index (Phi) is 4.81. The van der Waals surface area contributed by atoms with Crippen LogP contribution < -0.4 is 4.90 Å². The lowest BCUT2D eigenvalue weighted by molar-refractivity contribution is -0.384. The molecule has 0 aliphatic carbocycles. The third kappa shape index (κ3) is 3.35. The SMILES string of the molecule is O=C1C(=Cc2cccn2-c2cccc([N+](=O)[O-])c2)SC(=S)N1c1ccccc1. The first-order valence-electron chi connectivity index (χ1n) is 8.30. The summed E-state index contributed by atoms with van der Waals surface area (Å²) in [6, 6.07) is 19.3. The fourth-order valence-corrected chi connectivity index (χ4v) is 4.19. The lowest BCUT2D eigenvalue weighted by Gasteiger charge is -2.13. The van der Waals surface area contributed by atoms with Crippen LogP contribution >= 0.6 is 24.0 Å². The van der Waals surface area contributed by atoms with Crippen molar-refractivity contribution in [3.63, 3.8) is 0 Å². The summed E-state index contributed by atoms with van der Waals surface area (Å²) < 4.78 is 2.26. The molecule has 1 saturated heterocycles. The summed E-state index contributed by atoms with van der Waals surface area (Å²) >= 11 is 6.62. The van der Waals surface area contributed by atoms with Crippen molar-refractivity contribution in [2.75, 3.05) is 4.90 Å². The van der Waals surface area contributed by atoms with Gasteiger partial charge < -0.3 is 4.57 Å². The topological polar surface area (TPSA) is 68.4 Å². The van der Waals surface area contributed by atoms with Gasteiger partial charge in [-0.25, -0.2) is 0 Å². The number of nitro groups is 1. The molecule has 0 N–H and O–H groups in total. The van der Waals surface area contributed by atoms with Gasteiger partial charge in [0.1, 0.15) is 0 Å². The van der Waals surface area contributed by atoms with Crippen molar-refractivity contribution in [3.05, 3.63) is 93.6 Å². The van der Waals surface area contributed by atoms with Gasteiger partial charge in [-0.1, -0.05) is 48.2 Å². The summed E-state index contributed by atoms with van der Waals surface area (Å²) in [5, 5.41) is 11.1. The highest BCUT2D eigenvalue weighted by molar-refractivity contribution is 8.27. The van der Waals surface area contributed by atoms with Gasteiger partial charge in [-0.15, -0.1) is 0 Å². The fourth-order valence-electron chi connectivity index (χ4n) is 2.90. The van der Waals surface area contributed by atoms with Crippen LogP contribution in [0.1, 0.15) is 5.69 Å². The zero-order chi connectivity index (χ0) is 19.7. The first-order valence-corrected chi connectivity index (χ1v) is 9.52. The van der Waals surface area contributed by atoms with Crippen LogP contribution in [0, 0.1) is 10.1 Å². The summed E-state index contributed by atoms with van der Waals surface area (Å²) in [5.41, 5.74) is 2.10. The van der Waals surface area contributed by atoms with Crippen LogP contribution in [0.5, 0.6) is 0 Å². The van der Waals surface area contributed by atoms with Gasteiger partial charge in [-0.3, -0.25) is 19.8 Å². The number of hydrogen-bond acceptors (Lipinski definition) is 5. The van der Waals surface area contributed by atoms with E-state index >= 15 is 0 Å². The lowest BCUT2D eigenvalue weighted by Crippen LogP contribution is -2.27. The maximum absolute atomic E-state index is 12.9. The van der Waals surface area contributed by atoms with Gasteiger partial charge in [0.2, 0.25) is 0 Å². The minimum absolute atomic E-state index is 0.00699. The molecule has 2 aromatic carbocycles. The van der Waals surface area contributed by atoms with Gasteiger partial charge in [0.05, 0.1) is 21.2 Å². The van der Waals surface area contributed by atoms with Crippen LogP contribution in [0.4, 0.5) is 11.4 Å². The van der Waals surface area contributed by atoms with Crippen molar-refractivity contribution in [2.45, 2.75) is 0 Å². The standard InChI is InChI=1S/C20H13N3O3S2/c24-19-18(28-20(27)22(19)14-6-2-1-3-7-14)13-16-10-5-11-21(16)15-8-4-9-17(12-15)23(25)26/h1-13H. The molecule has 0 atom stereocenters. The average Bonchev–Trinajstić information content (AvgIpc) is 3.27. The van der Waals surface area contributed by atoms with Gasteiger partial charge in [0.25, 0.3) is 11.6 Å². The molecule has 1 aliphatic heterocycles. The number of thiocarbonyl (C=S) groups is 1. The Morgan fingerprint density at radius 1 is 1.00 bits per heavy atom. The zero-order valence-corrected chi connectivity index (χ0v) is 16.0. The summed E-state index contributed by atoms with van der Waals surface area (Å²) in [4.78, 5) is 25.5. The number of carbonyl (C=O) groups is 1. The smallest absolute Gasteiger partial charge is 0.271 e. The Morgan fingerprint density at radius 2 is 1.75 bits per heavy atom. The largest absolute Gasteiger partial charge is 0.317 e. The number of rotatable bonds is 4. The molecule has 3 aromatic rings. The van der Waals surface area contributed by atoms with Crippen LogP contribution in [0.15, 0.2) is 77.8 Å². The van der Waals surface area contributed by atoms with Crippen LogP contribution in [-0.2, 0) is 4.79 Å². The maximum Gasteiger partial charge on any atom is 0.271 e. The van der Waals surface area contributed by atoms with Crippen LogP contribution in [0.25, 0.3) is 11.8 Å². The van der Waals surface area contributed by atoms with Crippen molar-refractivity contribution >= 4 is 51.7 Å². The first kappa shape index (κ1) is 18.1. The molecule has 0 radical (unpaired) electrons. The highest BCUT2D eigenvalue weighted by Crippen LogP contribution is 2.36. The van der Waals surface area contributed by atoms with E-state index in [1.165, 1.54) is 28.8 Å². The molecule has 1 aromatic heterocycles. The highest BCUT2D eigenvalue weighted by Gasteiger charge is 2.33. The van der Waals surface area contributed by atoms with Gasteiger partial charge in [-0.05, 0) is 36.4 Å². The number of aromatic nitrogens is 1. The Hall–Kier alpha value is -3.23. The number of para-hydroxylation sites is 1. The molecule has 1 fully saturated rings. The molecule has 1 amide bonds. The second kappa shape index (κ2) is 7.41. The van der Waals surface area contributed by atoms with Crippen molar-refractivity contribution in [1.82, 2.24) is 4.57 Å². The van der Waals surface area contributed by atoms with Crippen molar-refractivity contribution in [3.8, 4) is 5.69 Å². The van der Waals surface area contributed by atoms with Gasteiger partial charge >= 0.3 is 0 Å². The number of benzene rings is 2. The molecule has 8 heteroatoms. The second-order valence-electron chi connectivity index (χ2n) is 5.93. The molecule has 28 heavy (non-hydrogen) atoms. The lowest BCUT2D eigenvalue weighted by atomic mass is 10.2. The molecule has 0 saturated carbocycles. The predicted octanol–water partition coefficient (Wildman–Crippen LogP) is 4.79. The molecule has 1 aliphatic rings. The summed E-state index contributed by atoms with van der Waals surface area (Å²) in [6.07, 6.45) is 3.55. The molecule has 138 valence electrons. The minimum atomic E-state index is -0.433. The molecule has 0 unspecified atom stereocenters. The normalized spacial score (nSPS) is 15.4. The van der Waals surface area contributed by atoms with Crippen LogP contribution in [0.3, 0.4) is 0 Å². The number of non-ortho nitro benzene ring substituents is 1. The number of amides is 1. The molecular formula is C20H13N3O3S2. The molecule has 6 nitrogen and oxygen atoms in total. The second-order valence-corrected chi connectivity index (χ2v) is 7.61. The van der Waals surface area contributed by atoms with E-state index in [0.29, 0.717) is 14.9 Å². The first-order chi connectivity index (χ1) is 13.5. The van der Waals surface area contributed by atoms with E-state index < -0.39 is 4.92 Å². The molecule has 2 heterocycles. The van der Waals surface area contributed by atoms with E-state index in [1.54, 1.807) is 29.0 Å². The summed E-state index contributed by atoms with van der Waals surface area (Å²) in [6.45, 7) is 0. The average molecular weight is 407 g/mol. The van der Waals surface area contributed by atoms with E-state index in [4.69, 9.17) is 12.2 Å². The van der Waals surface area contributed by atoms with Gasteiger partial charge in [-0.2, -0.15) is 0 Å². The van der Waals surface area contributed by atoms with E-state index in [9.17, 15) is 14.9 Å². The third-order valence-corrected chi connectivity index (χ3v) is 5.49. The predicted molar refractivity (Wildman–Crippen MR) is 115 cm³/mol. The van der Waals surface area contributed by atoms with E-state index in [-0.39, 0.29) is 11.6 Å². The summed E-state index contributed by atoms with van der Waals surface area (Å²) in [7, 11) is 0. The monoisotopic (exact) mass is 407 g/mol. The maximum atomic E-state index is 12.9. The number of nitrogens with zero attached hydrogens (tertiary/aromatic N) is 3. The minimum Gasteiger partial charge on any atom is -0.317 e. The number of hydrogen-bond donors (Lipinski definition) is 0. The number of thioether (sulfide) groups is 1. The van der Waals surface area contributed by atoms with Crippen molar-refractivity contribution in [2.24, 2.45) is 0 Å². The Morgan fingerprint density at radius 3 is 2.50 bits per heavy atom. The van der Waals surface area contributed by atoms with Gasteiger partial charge in [0, 0.05) is 24.0 Å². The zero-order valence-electron chi connectivity index (χ0n) is 14.4. The Bertz CT molecular complexity index is 1120. The Labute approximate surface area is 170 Å². The van der Waals surface area contributed by atoms with Gasteiger partial charge in [0.15, 0.2) is 4.32 Å². The molecule has 0 bridgehead atoms. The van der Waals surface area contributed by atoms with E-state index in [2.05, 4.69) is 0 Å². The van der Waals surface area contributed by atoms with Crippen molar-refractivity contribution < 1.29 is 9.72 Å². The third-order valence-electron chi connectivity index (χ3n) is 4.19. The fraction of sp³-hybridized carbons (Fsp3) is 0.